The molecule has 1 unspecified atom stereocenters. The number of likely N-dealkylation sites (N-methyl/N-ethyl adjacent to an activating group) is 1. The van der Waals surface area contributed by atoms with Crippen LogP contribution < -0.4 is 10.5 Å². The standard InChI is InChI=1S/C13H20N2O2/c1-4-17-11-7-5-6-10(8-11)12(9-14)13(16)15(2)3/h5-8,12H,4,9,14H2,1-3H3. The first-order chi connectivity index (χ1) is 8.10. The normalized spacial score (nSPS) is 12.0. The molecule has 1 aromatic rings. The first-order valence-electron chi connectivity index (χ1n) is 5.74. The van der Waals surface area contributed by atoms with Gasteiger partial charge in [-0.25, -0.2) is 0 Å². The summed E-state index contributed by atoms with van der Waals surface area (Å²) in [6.45, 7) is 2.84. The molecule has 4 nitrogen and oxygen atoms in total. The zero-order valence-electron chi connectivity index (χ0n) is 10.6. The predicted molar refractivity (Wildman–Crippen MR) is 68.1 cm³/mol. The average molecular weight is 236 g/mol. The second kappa shape index (κ2) is 6.25. The molecule has 0 spiro atoms. The summed E-state index contributed by atoms with van der Waals surface area (Å²) in [6, 6.07) is 7.54. The number of carbonyl (C=O) groups excluding carboxylic acids is 1. The fourth-order valence-corrected chi connectivity index (χ4v) is 1.68. The molecule has 0 saturated heterocycles. The highest BCUT2D eigenvalue weighted by atomic mass is 16.5. The van der Waals surface area contributed by atoms with Crippen molar-refractivity contribution < 1.29 is 9.53 Å². The van der Waals surface area contributed by atoms with E-state index >= 15 is 0 Å². The van der Waals surface area contributed by atoms with E-state index in [0.717, 1.165) is 11.3 Å². The van der Waals surface area contributed by atoms with Crippen LogP contribution in [0.15, 0.2) is 24.3 Å². The Balaban J connectivity index is 2.95. The number of hydrogen-bond acceptors (Lipinski definition) is 3. The molecule has 1 amide bonds. The van der Waals surface area contributed by atoms with E-state index in [9.17, 15) is 4.79 Å². The van der Waals surface area contributed by atoms with E-state index in [1.54, 1.807) is 19.0 Å². The van der Waals surface area contributed by atoms with Crippen LogP contribution in [0.2, 0.25) is 0 Å². The summed E-state index contributed by atoms with van der Waals surface area (Å²) in [6.07, 6.45) is 0. The second-order valence-corrected chi connectivity index (χ2v) is 4.03. The third-order valence-corrected chi connectivity index (χ3v) is 2.55. The van der Waals surface area contributed by atoms with Crippen molar-refractivity contribution in [2.75, 3.05) is 27.2 Å². The largest absolute Gasteiger partial charge is 0.494 e. The number of benzene rings is 1. The summed E-state index contributed by atoms with van der Waals surface area (Å²) >= 11 is 0. The Bertz CT molecular complexity index is 377. The van der Waals surface area contributed by atoms with Crippen molar-refractivity contribution in [3.63, 3.8) is 0 Å². The molecule has 0 aromatic heterocycles. The Hall–Kier alpha value is -1.55. The molecule has 4 heteroatoms. The molecule has 0 aliphatic carbocycles. The number of carbonyl (C=O) groups is 1. The molecule has 0 aliphatic heterocycles. The summed E-state index contributed by atoms with van der Waals surface area (Å²) in [5, 5.41) is 0. The second-order valence-electron chi connectivity index (χ2n) is 4.03. The van der Waals surface area contributed by atoms with Crippen LogP contribution >= 0.6 is 0 Å². The van der Waals surface area contributed by atoms with Crippen LogP contribution in [-0.2, 0) is 4.79 Å². The first kappa shape index (κ1) is 13.5. The van der Waals surface area contributed by atoms with Crippen LogP contribution in [0.5, 0.6) is 5.75 Å². The molecule has 0 saturated carbocycles. The van der Waals surface area contributed by atoms with E-state index < -0.39 is 0 Å². The SMILES string of the molecule is CCOc1cccc(C(CN)C(=O)N(C)C)c1. The van der Waals surface area contributed by atoms with Crippen molar-refractivity contribution in [3.8, 4) is 5.75 Å². The monoisotopic (exact) mass is 236 g/mol. The molecule has 1 aromatic carbocycles. The number of hydrogen-bond donors (Lipinski definition) is 1. The van der Waals surface area contributed by atoms with Gasteiger partial charge in [0.15, 0.2) is 0 Å². The van der Waals surface area contributed by atoms with Crippen molar-refractivity contribution in [1.29, 1.82) is 0 Å². The highest BCUT2D eigenvalue weighted by Crippen LogP contribution is 2.21. The van der Waals surface area contributed by atoms with E-state index in [1.165, 1.54) is 0 Å². The molecular formula is C13H20N2O2. The molecule has 1 rings (SSSR count). The van der Waals surface area contributed by atoms with E-state index in [-0.39, 0.29) is 11.8 Å². The van der Waals surface area contributed by atoms with Crippen molar-refractivity contribution >= 4 is 5.91 Å². The Morgan fingerprint density at radius 1 is 1.47 bits per heavy atom. The average Bonchev–Trinajstić information content (AvgIpc) is 2.30. The minimum Gasteiger partial charge on any atom is -0.494 e. The highest BCUT2D eigenvalue weighted by molar-refractivity contribution is 5.83. The molecule has 2 N–H and O–H groups in total. The summed E-state index contributed by atoms with van der Waals surface area (Å²) in [5.41, 5.74) is 6.58. The number of nitrogens with zero attached hydrogens (tertiary/aromatic N) is 1. The van der Waals surface area contributed by atoms with E-state index in [1.807, 2.05) is 31.2 Å². The zero-order chi connectivity index (χ0) is 12.8. The zero-order valence-corrected chi connectivity index (χ0v) is 10.6. The third-order valence-electron chi connectivity index (χ3n) is 2.55. The molecule has 0 bridgehead atoms. The Kier molecular flexibility index (Phi) is 4.97. The fourth-order valence-electron chi connectivity index (χ4n) is 1.68. The lowest BCUT2D eigenvalue weighted by atomic mass is 9.98. The number of ether oxygens (including phenoxy) is 1. The summed E-state index contributed by atoms with van der Waals surface area (Å²) < 4.78 is 5.42. The summed E-state index contributed by atoms with van der Waals surface area (Å²) in [5.74, 6) is 0.488. The molecule has 94 valence electrons. The minimum atomic E-state index is -0.301. The van der Waals surface area contributed by atoms with Crippen LogP contribution in [0.4, 0.5) is 0 Å². The maximum Gasteiger partial charge on any atom is 0.230 e. The van der Waals surface area contributed by atoms with Crippen LogP contribution in [0.1, 0.15) is 18.4 Å². The van der Waals surface area contributed by atoms with Crippen LogP contribution in [0.25, 0.3) is 0 Å². The summed E-state index contributed by atoms with van der Waals surface area (Å²) in [7, 11) is 3.47. The van der Waals surface area contributed by atoms with Gasteiger partial charge in [0.05, 0.1) is 12.5 Å². The minimum absolute atomic E-state index is 0.0150. The van der Waals surface area contributed by atoms with Gasteiger partial charge in [0.25, 0.3) is 0 Å². The Labute approximate surface area is 102 Å². The van der Waals surface area contributed by atoms with Gasteiger partial charge in [-0.15, -0.1) is 0 Å². The quantitative estimate of drug-likeness (QED) is 0.836. The van der Waals surface area contributed by atoms with Crippen molar-refractivity contribution in [2.24, 2.45) is 5.73 Å². The van der Waals surface area contributed by atoms with Gasteiger partial charge in [-0.1, -0.05) is 12.1 Å². The van der Waals surface area contributed by atoms with Crippen LogP contribution in [0.3, 0.4) is 0 Å². The lowest BCUT2D eigenvalue weighted by molar-refractivity contribution is -0.130. The van der Waals surface area contributed by atoms with Gasteiger partial charge in [0.2, 0.25) is 5.91 Å². The van der Waals surface area contributed by atoms with E-state index in [4.69, 9.17) is 10.5 Å². The predicted octanol–water partition coefficient (Wildman–Crippen LogP) is 1.22. The fraction of sp³-hybridized carbons (Fsp3) is 0.462. The van der Waals surface area contributed by atoms with E-state index in [0.29, 0.717) is 13.2 Å². The van der Waals surface area contributed by atoms with Gasteiger partial charge in [-0.2, -0.15) is 0 Å². The first-order valence-corrected chi connectivity index (χ1v) is 5.74. The Morgan fingerprint density at radius 2 is 2.18 bits per heavy atom. The molecule has 17 heavy (non-hydrogen) atoms. The maximum atomic E-state index is 11.9. The van der Waals surface area contributed by atoms with Crippen LogP contribution in [0, 0.1) is 0 Å². The maximum absolute atomic E-state index is 11.9. The molecule has 1 atom stereocenters. The molecule has 0 fully saturated rings. The topological polar surface area (TPSA) is 55.6 Å². The molecular weight excluding hydrogens is 216 g/mol. The molecule has 0 aliphatic rings. The smallest absolute Gasteiger partial charge is 0.230 e. The number of nitrogens with two attached hydrogens (primary N) is 1. The van der Waals surface area contributed by atoms with Gasteiger partial charge in [0, 0.05) is 20.6 Å². The Morgan fingerprint density at radius 3 is 2.71 bits per heavy atom. The van der Waals surface area contributed by atoms with Gasteiger partial charge in [0.1, 0.15) is 5.75 Å². The summed E-state index contributed by atoms with van der Waals surface area (Å²) in [4.78, 5) is 13.5. The van der Waals surface area contributed by atoms with E-state index in [2.05, 4.69) is 0 Å². The van der Waals surface area contributed by atoms with Crippen molar-refractivity contribution in [2.45, 2.75) is 12.8 Å². The van der Waals surface area contributed by atoms with Gasteiger partial charge in [-0.05, 0) is 24.6 Å². The number of rotatable bonds is 5. The van der Waals surface area contributed by atoms with Gasteiger partial charge in [-0.3, -0.25) is 4.79 Å². The molecule has 0 radical (unpaired) electrons. The van der Waals surface area contributed by atoms with Gasteiger partial charge >= 0.3 is 0 Å². The third kappa shape index (κ3) is 3.46. The number of amides is 1. The van der Waals surface area contributed by atoms with Crippen LogP contribution in [-0.4, -0.2) is 38.1 Å². The van der Waals surface area contributed by atoms with Crippen molar-refractivity contribution in [3.05, 3.63) is 29.8 Å². The lowest BCUT2D eigenvalue weighted by Crippen LogP contribution is -2.32. The van der Waals surface area contributed by atoms with Gasteiger partial charge < -0.3 is 15.4 Å². The lowest BCUT2D eigenvalue weighted by Gasteiger charge is -2.19. The highest BCUT2D eigenvalue weighted by Gasteiger charge is 2.20. The molecule has 0 heterocycles. The van der Waals surface area contributed by atoms with Crippen molar-refractivity contribution in [1.82, 2.24) is 4.90 Å².